The normalized spacial score (nSPS) is 18.4. The molecule has 0 radical (unpaired) electrons. The largest absolute Gasteiger partial charge is 0.467 e. The van der Waals surface area contributed by atoms with Gasteiger partial charge in [0, 0.05) is 13.2 Å². The highest BCUT2D eigenvalue weighted by Gasteiger charge is 2.32. The molecule has 7 heteroatoms. The van der Waals surface area contributed by atoms with Crippen molar-refractivity contribution in [3.63, 3.8) is 0 Å². The van der Waals surface area contributed by atoms with Crippen molar-refractivity contribution >= 4 is 17.4 Å². The molecule has 0 saturated carbocycles. The summed E-state index contributed by atoms with van der Waals surface area (Å²) in [7, 11) is 1.49. The van der Waals surface area contributed by atoms with E-state index in [1.54, 1.807) is 0 Å². The fourth-order valence-corrected chi connectivity index (χ4v) is 2.01. The third kappa shape index (κ3) is 2.82. The summed E-state index contributed by atoms with van der Waals surface area (Å²) in [5.41, 5.74) is -0.443. The van der Waals surface area contributed by atoms with Crippen LogP contribution >= 0.6 is 11.6 Å². The van der Waals surface area contributed by atoms with Crippen molar-refractivity contribution in [3.8, 4) is 6.01 Å². The summed E-state index contributed by atoms with van der Waals surface area (Å²) < 4.78 is 10.3. The number of anilines is 1. The number of halogens is 1. The molecule has 1 aliphatic heterocycles. The van der Waals surface area contributed by atoms with Gasteiger partial charge in [-0.2, -0.15) is 4.98 Å². The molecule has 0 spiro atoms. The second-order valence-corrected chi connectivity index (χ2v) is 4.64. The highest BCUT2D eigenvalue weighted by atomic mass is 35.5. The molecule has 2 N–H and O–H groups in total. The van der Waals surface area contributed by atoms with E-state index in [0.29, 0.717) is 36.9 Å². The Morgan fingerprint density at radius 1 is 1.56 bits per heavy atom. The highest BCUT2D eigenvalue weighted by molar-refractivity contribution is 6.32. The predicted octanol–water partition coefficient (Wildman–Crippen LogP) is 1.09. The van der Waals surface area contributed by atoms with E-state index >= 15 is 0 Å². The van der Waals surface area contributed by atoms with E-state index in [0.717, 1.165) is 0 Å². The van der Waals surface area contributed by atoms with E-state index in [1.165, 1.54) is 13.3 Å². The fourth-order valence-electron chi connectivity index (χ4n) is 1.87. The Morgan fingerprint density at radius 2 is 2.28 bits per heavy atom. The molecule has 0 amide bonds. The Balaban J connectivity index is 2.20. The van der Waals surface area contributed by atoms with Crippen LogP contribution in [-0.4, -0.2) is 47.5 Å². The van der Waals surface area contributed by atoms with Crippen molar-refractivity contribution in [2.45, 2.75) is 18.4 Å². The Hall–Kier alpha value is -1.11. The number of ether oxygens (including phenoxy) is 2. The van der Waals surface area contributed by atoms with Crippen LogP contribution in [0, 0.1) is 0 Å². The van der Waals surface area contributed by atoms with E-state index in [9.17, 15) is 5.11 Å². The van der Waals surface area contributed by atoms with Gasteiger partial charge in [-0.05, 0) is 12.8 Å². The van der Waals surface area contributed by atoms with E-state index in [1.807, 2.05) is 0 Å². The lowest BCUT2D eigenvalue weighted by Gasteiger charge is -2.36. The van der Waals surface area contributed by atoms with E-state index in [-0.39, 0.29) is 12.6 Å². The van der Waals surface area contributed by atoms with Gasteiger partial charge in [-0.25, -0.2) is 4.98 Å². The molecule has 1 saturated heterocycles. The van der Waals surface area contributed by atoms with Gasteiger partial charge < -0.3 is 19.9 Å². The van der Waals surface area contributed by atoms with Crippen LogP contribution in [-0.2, 0) is 4.74 Å². The Morgan fingerprint density at radius 3 is 2.89 bits per heavy atom. The van der Waals surface area contributed by atoms with Crippen molar-refractivity contribution in [1.82, 2.24) is 9.97 Å². The number of aliphatic hydroxyl groups is 1. The first-order valence-corrected chi connectivity index (χ1v) is 6.10. The van der Waals surface area contributed by atoms with Crippen molar-refractivity contribution in [2.24, 2.45) is 0 Å². The first kappa shape index (κ1) is 13.3. The molecule has 0 bridgehead atoms. The first-order valence-electron chi connectivity index (χ1n) is 5.72. The molecule has 1 aromatic rings. The van der Waals surface area contributed by atoms with Crippen molar-refractivity contribution in [3.05, 3.63) is 11.2 Å². The number of hydrogen-bond donors (Lipinski definition) is 2. The van der Waals surface area contributed by atoms with Crippen LogP contribution in [0.25, 0.3) is 0 Å². The van der Waals surface area contributed by atoms with Crippen LogP contribution in [0.2, 0.25) is 5.02 Å². The number of rotatable bonds is 4. The summed E-state index contributed by atoms with van der Waals surface area (Å²) in [6, 6.07) is 0.238. The minimum absolute atomic E-state index is 0.000985. The lowest BCUT2D eigenvalue weighted by Crippen LogP contribution is -2.47. The van der Waals surface area contributed by atoms with Gasteiger partial charge in [0.05, 0.1) is 25.5 Å². The minimum Gasteiger partial charge on any atom is -0.467 e. The molecule has 100 valence electrons. The molecule has 2 rings (SSSR count). The van der Waals surface area contributed by atoms with Crippen molar-refractivity contribution < 1.29 is 14.6 Å². The van der Waals surface area contributed by atoms with Crippen LogP contribution in [0.1, 0.15) is 12.8 Å². The number of methoxy groups -OCH3 is 1. The molecule has 1 aliphatic rings. The van der Waals surface area contributed by atoms with Gasteiger partial charge in [0.2, 0.25) is 0 Å². The summed E-state index contributed by atoms with van der Waals surface area (Å²) in [6.07, 6.45) is 2.87. The molecule has 0 unspecified atom stereocenters. The zero-order chi connectivity index (χ0) is 13.0. The monoisotopic (exact) mass is 273 g/mol. The third-order valence-electron chi connectivity index (χ3n) is 3.04. The molecular weight excluding hydrogens is 258 g/mol. The molecular formula is C11H16ClN3O3. The average Bonchev–Trinajstić information content (AvgIpc) is 2.42. The van der Waals surface area contributed by atoms with Crippen molar-refractivity contribution in [2.75, 3.05) is 32.2 Å². The molecule has 0 aromatic carbocycles. The summed E-state index contributed by atoms with van der Waals surface area (Å²) in [4.78, 5) is 8.06. The smallest absolute Gasteiger partial charge is 0.318 e. The Kier molecular flexibility index (Phi) is 4.21. The van der Waals surface area contributed by atoms with Gasteiger partial charge in [-0.15, -0.1) is 0 Å². The lowest BCUT2D eigenvalue weighted by atomic mass is 9.91. The molecule has 0 aliphatic carbocycles. The highest BCUT2D eigenvalue weighted by Crippen LogP contribution is 2.29. The van der Waals surface area contributed by atoms with Crippen LogP contribution in [0.3, 0.4) is 0 Å². The summed E-state index contributed by atoms with van der Waals surface area (Å²) in [5.74, 6) is 0.472. The van der Waals surface area contributed by atoms with Gasteiger partial charge in [-0.3, -0.25) is 0 Å². The minimum atomic E-state index is -0.443. The summed E-state index contributed by atoms with van der Waals surface area (Å²) in [6.45, 7) is 1.21. The summed E-state index contributed by atoms with van der Waals surface area (Å²) in [5, 5.41) is 13.2. The van der Waals surface area contributed by atoms with E-state index in [4.69, 9.17) is 21.1 Å². The SMILES string of the molecule is COc1ncc(Cl)c(NC2(CO)CCOCC2)n1. The zero-order valence-electron chi connectivity index (χ0n) is 10.1. The first-order chi connectivity index (χ1) is 8.69. The number of nitrogens with zero attached hydrogens (tertiary/aromatic N) is 2. The molecule has 18 heavy (non-hydrogen) atoms. The number of aromatic nitrogens is 2. The average molecular weight is 274 g/mol. The van der Waals surface area contributed by atoms with E-state index in [2.05, 4.69) is 15.3 Å². The maximum atomic E-state index is 9.58. The standard InChI is InChI=1S/C11H16ClN3O3/c1-17-10-13-6-8(12)9(14-10)15-11(7-16)2-4-18-5-3-11/h6,16H,2-5,7H2,1H3,(H,13,14,15). The Bertz CT molecular complexity index is 411. The van der Waals surface area contributed by atoms with E-state index < -0.39 is 5.54 Å². The second-order valence-electron chi connectivity index (χ2n) is 4.23. The number of hydrogen-bond acceptors (Lipinski definition) is 6. The predicted molar refractivity (Wildman–Crippen MR) is 67.1 cm³/mol. The van der Waals surface area contributed by atoms with Crippen LogP contribution < -0.4 is 10.1 Å². The molecule has 2 heterocycles. The number of aliphatic hydroxyl groups excluding tert-OH is 1. The van der Waals surface area contributed by atoms with Gasteiger partial charge in [0.15, 0.2) is 5.82 Å². The molecule has 1 fully saturated rings. The maximum absolute atomic E-state index is 9.58. The second kappa shape index (κ2) is 5.69. The summed E-state index contributed by atoms with van der Waals surface area (Å²) >= 11 is 6.04. The lowest BCUT2D eigenvalue weighted by molar-refractivity contribution is 0.0378. The van der Waals surface area contributed by atoms with Crippen LogP contribution in [0.4, 0.5) is 5.82 Å². The molecule has 6 nitrogen and oxygen atoms in total. The van der Waals surface area contributed by atoms with Crippen LogP contribution in [0.5, 0.6) is 6.01 Å². The Labute approximate surface area is 110 Å². The van der Waals surface area contributed by atoms with Crippen LogP contribution in [0.15, 0.2) is 6.20 Å². The maximum Gasteiger partial charge on any atom is 0.318 e. The van der Waals surface area contributed by atoms with Gasteiger partial charge in [-0.1, -0.05) is 11.6 Å². The quantitative estimate of drug-likeness (QED) is 0.855. The third-order valence-corrected chi connectivity index (χ3v) is 3.32. The van der Waals surface area contributed by atoms with Gasteiger partial charge >= 0.3 is 6.01 Å². The molecule has 1 aromatic heterocycles. The van der Waals surface area contributed by atoms with Crippen molar-refractivity contribution in [1.29, 1.82) is 0 Å². The van der Waals surface area contributed by atoms with Gasteiger partial charge in [0.25, 0.3) is 0 Å². The topological polar surface area (TPSA) is 76.5 Å². The fraction of sp³-hybridized carbons (Fsp3) is 0.636. The number of nitrogens with one attached hydrogen (secondary N) is 1. The van der Waals surface area contributed by atoms with Gasteiger partial charge in [0.1, 0.15) is 5.02 Å². The zero-order valence-corrected chi connectivity index (χ0v) is 10.9. The molecule has 0 atom stereocenters.